The van der Waals surface area contributed by atoms with Crippen molar-refractivity contribution in [1.29, 1.82) is 0 Å². The normalized spacial score (nSPS) is 20.2. The van der Waals surface area contributed by atoms with E-state index in [1.807, 2.05) is 6.07 Å². The fraction of sp³-hybridized carbons (Fsp3) is 0.500. The summed E-state index contributed by atoms with van der Waals surface area (Å²) in [7, 11) is 1.80. The zero-order valence-corrected chi connectivity index (χ0v) is 13.5. The van der Waals surface area contributed by atoms with Gasteiger partial charge >= 0.3 is 5.97 Å². The van der Waals surface area contributed by atoms with Crippen LogP contribution < -0.4 is 4.90 Å². The Labute approximate surface area is 139 Å². The zero-order chi connectivity index (χ0) is 16.7. The quantitative estimate of drug-likeness (QED) is 0.897. The molecule has 2 aromatic rings. The Morgan fingerprint density at radius 2 is 2.29 bits per heavy atom. The first-order chi connectivity index (χ1) is 11.6. The minimum atomic E-state index is -0.986. The molecule has 0 spiro atoms. The van der Waals surface area contributed by atoms with Crippen molar-refractivity contribution in [2.45, 2.75) is 25.3 Å². The van der Waals surface area contributed by atoms with Gasteiger partial charge in [-0.2, -0.15) is 5.10 Å². The smallest absolute Gasteiger partial charge is 0.356 e. The Morgan fingerprint density at radius 1 is 1.42 bits per heavy atom. The minimum Gasteiger partial charge on any atom is -0.476 e. The lowest BCUT2D eigenvalue weighted by Crippen LogP contribution is -2.32. The minimum absolute atomic E-state index is 0.135. The van der Waals surface area contributed by atoms with Gasteiger partial charge in [-0.25, -0.2) is 14.8 Å². The highest BCUT2D eigenvalue weighted by molar-refractivity contribution is 5.87. The molecule has 0 aliphatic carbocycles. The molecule has 4 rings (SSSR count). The molecule has 2 aliphatic heterocycles. The molecule has 8 nitrogen and oxygen atoms in total. The number of aromatic carboxylic acids is 1. The van der Waals surface area contributed by atoms with Gasteiger partial charge < -0.3 is 14.7 Å². The van der Waals surface area contributed by atoms with Crippen LogP contribution in [0.15, 0.2) is 12.4 Å². The molecule has 1 fully saturated rings. The Kier molecular flexibility index (Phi) is 3.68. The third-order valence-corrected chi connectivity index (χ3v) is 4.79. The molecule has 8 heteroatoms. The number of hydrogen-bond acceptors (Lipinski definition) is 6. The first-order valence-corrected chi connectivity index (χ1v) is 8.06. The maximum atomic E-state index is 11.4. The highest BCUT2D eigenvalue weighted by Gasteiger charge is 2.28. The van der Waals surface area contributed by atoms with Crippen molar-refractivity contribution in [3.8, 4) is 0 Å². The molecule has 1 N–H and O–H groups in total. The van der Waals surface area contributed by atoms with Gasteiger partial charge in [-0.3, -0.25) is 4.68 Å². The number of anilines is 1. The average Bonchev–Trinajstić information content (AvgIpc) is 3.23. The van der Waals surface area contributed by atoms with E-state index in [-0.39, 0.29) is 5.69 Å². The van der Waals surface area contributed by atoms with Crippen LogP contribution >= 0.6 is 0 Å². The van der Waals surface area contributed by atoms with Gasteiger partial charge in [0.25, 0.3) is 0 Å². The van der Waals surface area contributed by atoms with Gasteiger partial charge in [-0.05, 0) is 6.42 Å². The van der Waals surface area contributed by atoms with Gasteiger partial charge in [-0.1, -0.05) is 0 Å². The lowest BCUT2D eigenvalue weighted by molar-refractivity contribution is 0.0688. The Balaban J connectivity index is 1.63. The van der Waals surface area contributed by atoms with Gasteiger partial charge in [0.15, 0.2) is 5.69 Å². The molecular formula is C16H19N5O3. The average molecular weight is 329 g/mol. The molecule has 126 valence electrons. The molecule has 2 aliphatic rings. The van der Waals surface area contributed by atoms with E-state index in [1.54, 1.807) is 18.1 Å². The topological polar surface area (TPSA) is 93.4 Å². The van der Waals surface area contributed by atoms with E-state index in [9.17, 15) is 9.90 Å². The van der Waals surface area contributed by atoms with Gasteiger partial charge in [0.05, 0.1) is 12.3 Å². The number of rotatable bonds is 3. The van der Waals surface area contributed by atoms with Crippen molar-refractivity contribution < 1.29 is 14.6 Å². The maximum absolute atomic E-state index is 11.4. The van der Waals surface area contributed by atoms with Crippen molar-refractivity contribution in [2.75, 3.05) is 24.7 Å². The van der Waals surface area contributed by atoms with E-state index in [4.69, 9.17) is 4.74 Å². The Hall–Kier alpha value is -2.48. The number of ether oxygens (including phenoxy) is 1. The van der Waals surface area contributed by atoms with E-state index in [2.05, 4.69) is 20.0 Å². The van der Waals surface area contributed by atoms with Gasteiger partial charge in [-0.15, -0.1) is 0 Å². The maximum Gasteiger partial charge on any atom is 0.356 e. The lowest BCUT2D eigenvalue weighted by Gasteiger charge is -2.28. The lowest BCUT2D eigenvalue weighted by atomic mass is 10.0. The first kappa shape index (κ1) is 15.1. The van der Waals surface area contributed by atoms with Crippen LogP contribution in [0, 0.1) is 0 Å². The second kappa shape index (κ2) is 5.86. The number of hydrogen-bond donors (Lipinski definition) is 1. The van der Waals surface area contributed by atoms with E-state index >= 15 is 0 Å². The standard InChI is InChI=1S/C16H19N5O3/c1-20-13-2-4-21(7-11(13)15(19-20)16(22)23)14-6-12(17-9-18-14)10-3-5-24-8-10/h6,9-10H,2-5,7-8H2,1H3,(H,22,23)/t10-/m1/s1. The summed E-state index contributed by atoms with van der Waals surface area (Å²) in [4.78, 5) is 22.3. The van der Waals surface area contributed by atoms with Crippen molar-refractivity contribution in [1.82, 2.24) is 19.7 Å². The number of nitrogens with zero attached hydrogens (tertiary/aromatic N) is 5. The summed E-state index contributed by atoms with van der Waals surface area (Å²) in [6, 6.07) is 2.00. The SMILES string of the molecule is Cn1nc(C(=O)O)c2c1CCN(c1cc([C@@H]3CCOC3)ncn1)C2. The number of carbonyl (C=O) groups is 1. The molecule has 1 atom stereocenters. The summed E-state index contributed by atoms with van der Waals surface area (Å²) < 4.78 is 7.12. The molecule has 0 unspecified atom stereocenters. The molecular weight excluding hydrogens is 310 g/mol. The second-order valence-corrected chi connectivity index (χ2v) is 6.24. The van der Waals surface area contributed by atoms with Crippen LogP contribution in [0.2, 0.25) is 0 Å². The summed E-state index contributed by atoms with van der Waals surface area (Å²) >= 11 is 0. The van der Waals surface area contributed by atoms with Gasteiger partial charge in [0.2, 0.25) is 0 Å². The summed E-state index contributed by atoms with van der Waals surface area (Å²) in [6.45, 7) is 2.76. The zero-order valence-electron chi connectivity index (χ0n) is 13.5. The molecule has 0 amide bonds. The summed E-state index contributed by atoms with van der Waals surface area (Å²) in [5, 5.41) is 13.5. The van der Waals surface area contributed by atoms with Crippen LogP contribution in [0.1, 0.15) is 39.8 Å². The van der Waals surface area contributed by atoms with Crippen molar-refractivity contribution in [2.24, 2.45) is 7.05 Å². The van der Waals surface area contributed by atoms with E-state index in [1.165, 1.54) is 0 Å². The van der Waals surface area contributed by atoms with Crippen molar-refractivity contribution in [3.63, 3.8) is 0 Å². The van der Waals surface area contributed by atoms with E-state index in [0.29, 0.717) is 19.1 Å². The molecule has 0 saturated carbocycles. The van der Waals surface area contributed by atoms with Crippen LogP contribution in [-0.4, -0.2) is 50.6 Å². The number of carboxylic acid groups (broad SMARTS) is 1. The first-order valence-electron chi connectivity index (χ1n) is 8.06. The number of aromatic nitrogens is 4. The predicted molar refractivity (Wildman–Crippen MR) is 85.1 cm³/mol. The molecule has 1 saturated heterocycles. The summed E-state index contributed by atoms with van der Waals surface area (Å²) in [5.74, 6) is 0.165. The van der Waals surface area contributed by atoms with Gasteiger partial charge in [0, 0.05) is 56.4 Å². The molecule has 0 aromatic carbocycles. The fourth-order valence-electron chi connectivity index (χ4n) is 3.49. The van der Waals surface area contributed by atoms with E-state index in [0.717, 1.165) is 48.8 Å². The van der Waals surface area contributed by atoms with Crippen LogP contribution in [0.5, 0.6) is 0 Å². The van der Waals surface area contributed by atoms with E-state index < -0.39 is 5.97 Å². The monoisotopic (exact) mass is 329 g/mol. The number of fused-ring (bicyclic) bond motifs is 1. The molecule has 24 heavy (non-hydrogen) atoms. The Bertz CT molecular complexity index is 782. The third kappa shape index (κ3) is 2.52. The highest BCUT2D eigenvalue weighted by Crippen LogP contribution is 2.28. The molecule has 0 bridgehead atoms. The third-order valence-electron chi connectivity index (χ3n) is 4.79. The van der Waals surface area contributed by atoms with Crippen LogP contribution in [0.25, 0.3) is 0 Å². The summed E-state index contributed by atoms with van der Waals surface area (Å²) in [6.07, 6.45) is 3.31. The van der Waals surface area contributed by atoms with Gasteiger partial charge in [0.1, 0.15) is 12.1 Å². The molecule has 4 heterocycles. The highest BCUT2D eigenvalue weighted by atomic mass is 16.5. The summed E-state index contributed by atoms with van der Waals surface area (Å²) in [5.41, 5.74) is 2.89. The van der Waals surface area contributed by atoms with Crippen LogP contribution in [0.3, 0.4) is 0 Å². The molecule has 2 aromatic heterocycles. The fourth-order valence-corrected chi connectivity index (χ4v) is 3.49. The van der Waals surface area contributed by atoms with Crippen molar-refractivity contribution >= 4 is 11.8 Å². The van der Waals surface area contributed by atoms with Crippen LogP contribution in [-0.2, 0) is 24.8 Å². The Morgan fingerprint density at radius 3 is 3.04 bits per heavy atom. The molecule has 0 radical (unpaired) electrons. The van der Waals surface area contributed by atoms with Crippen LogP contribution in [0.4, 0.5) is 5.82 Å². The van der Waals surface area contributed by atoms with Crippen molar-refractivity contribution in [3.05, 3.63) is 35.0 Å². The predicted octanol–water partition coefficient (Wildman–Crippen LogP) is 0.975. The number of aryl methyl sites for hydroxylation is 1. The number of carboxylic acids is 1. The largest absolute Gasteiger partial charge is 0.476 e. The second-order valence-electron chi connectivity index (χ2n) is 6.24.